The number of phosphoric ester groups is 1. The van der Waals surface area contributed by atoms with E-state index in [9.17, 15) is 4.57 Å². The summed E-state index contributed by atoms with van der Waals surface area (Å²) in [5.74, 6) is 0.588. The molecule has 0 bridgehead atoms. The summed E-state index contributed by atoms with van der Waals surface area (Å²) in [7, 11) is -4.46. The lowest BCUT2D eigenvalue weighted by Gasteiger charge is -2.23. The van der Waals surface area contributed by atoms with Crippen LogP contribution in [-0.4, -0.2) is 49.1 Å². The van der Waals surface area contributed by atoms with Crippen molar-refractivity contribution >= 4 is 24.8 Å². The maximum absolute atomic E-state index is 10.7. The van der Waals surface area contributed by atoms with E-state index in [0.717, 1.165) is 25.9 Å². The van der Waals surface area contributed by atoms with E-state index in [1.165, 1.54) is 6.33 Å². The zero-order valence-corrected chi connectivity index (χ0v) is 15.3. The molecule has 3 N–H and O–H groups in total. The average Bonchev–Trinajstić information content (AvgIpc) is 3.05. The van der Waals surface area contributed by atoms with Crippen LogP contribution in [0.15, 0.2) is 24.3 Å². The van der Waals surface area contributed by atoms with E-state index in [2.05, 4.69) is 24.8 Å². The van der Waals surface area contributed by atoms with E-state index in [0.29, 0.717) is 29.1 Å². The Hall–Kier alpha value is -1.84. The third-order valence-electron chi connectivity index (χ3n) is 4.01. The quantitative estimate of drug-likeness (QED) is 0.485. The van der Waals surface area contributed by atoms with E-state index in [-0.39, 0.29) is 12.8 Å². The summed E-state index contributed by atoms with van der Waals surface area (Å²) in [5.41, 5.74) is 2.05. The lowest BCUT2D eigenvalue weighted by molar-refractivity contribution is -0.0298. The van der Waals surface area contributed by atoms with Crippen LogP contribution in [0.1, 0.15) is 32.4 Å². The van der Waals surface area contributed by atoms with Crippen molar-refractivity contribution in [2.75, 3.05) is 25.1 Å². The van der Waals surface area contributed by atoms with Gasteiger partial charge in [0, 0.05) is 13.2 Å². The molecule has 0 saturated carbocycles. The molecular formula is C15H22N5O5P. The molecule has 10 nitrogen and oxygen atoms in total. The van der Waals surface area contributed by atoms with Crippen LogP contribution in [0.2, 0.25) is 0 Å². The van der Waals surface area contributed by atoms with Gasteiger partial charge in [0.1, 0.15) is 12.6 Å². The van der Waals surface area contributed by atoms with Crippen molar-refractivity contribution in [2.24, 2.45) is 0 Å². The molecule has 3 rings (SSSR count). The molecule has 0 aliphatic carbocycles. The number of hydrogen-bond acceptors (Lipinski definition) is 7. The Kier molecular flexibility index (Phi) is 6.00. The topological polar surface area (TPSA) is 132 Å². The predicted octanol–water partition coefficient (Wildman–Crippen LogP) is 1.99. The summed E-state index contributed by atoms with van der Waals surface area (Å²) in [6.07, 6.45) is 8.02. The largest absolute Gasteiger partial charge is 0.469 e. The van der Waals surface area contributed by atoms with Crippen molar-refractivity contribution < 1.29 is 23.6 Å². The van der Waals surface area contributed by atoms with Crippen LogP contribution in [-0.2, 0) is 13.8 Å². The molecule has 1 aliphatic heterocycles. The second-order valence-corrected chi connectivity index (χ2v) is 7.30. The van der Waals surface area contributed by atoms with Gasteiger partial charge in [-0.05, 0) is 31.8 Å². The SMILES string of the molecule is CC(=CCNc1ncnc2c1ncn2C1CCCCO1)COP(=O)(O)O. The normalized spacial score (nSPS) is 19.0. The number of fused-ring (bicyclic) bond motifs is 1. The molecule has 0 spiro atoms. The highest BCUT2D eigenvalue weighted by Gasteiger charge is 2.20. The van der Waals surface area contributed by atoms with Gasteiger partial charge >= 0.3 is 7.82 Å². The summed E-state index contributed by atoms with van der Waals surface area (Å²) < 4.78 is 22.9. The molecule has 0 aromatic carbocycles. The zero-order chi connectivity index (χ0) is 18.6. The van der Waals surface area contributed by atoms with E-state index in [1.807, 2.05) is 4.57 Å². The second-order valence-electron chi connectivity index (χ2n) is 6.06. The fraction of sp³-hybridized carbons (Fsp3) is 0.533. The number of rotatable bonds is 7. The molecule has 1 fully saturated rings. The number of hydrogen-bond donors (Lipinski definition) is 3. The molecule has 2 aromatic rings. The molecule has 2 aromatic heterocycles. The number of anilines is 1. The monoisotopic (exact) mass is 383 g/mol. The third kappa shape index (κ3) is 4.87. The molecule has 1 saturated heterocycles. The summed E-state index contributed by atoms with van der Waals surface area (Å²) in [6, 6.07) is 0. The summed E-state index contributed by atoms with van der Waals surface area (Å²) >= 11 is 0. The first-order valence-corrected chi connectivity index (χ1v) is 9.86. The highest BCUT2D eigenvalue weighted by Crippen LogP contribution is 2.36. The van der Waals surface area contributed by atoms with Crippen molar-refractivity contribution in [3.8, 4) is 0 Å². The standard InChI is InChI=1S/C15H22N5O5P/c1-11(8-25-26(21,22)23)5-6-16-14-13-15(18-9-17-14)20(10-19-13)12-4-2-3-7-24-12/h5,9-10,12H,2-4,6-8H2,1H3,(H,16,17,18)(H2,21,22,23). The lowest BCUT2D eigenvalue weighted by Crippen LogP contribution is -2.17. The van der Waals surface area contributed by atoms with Crippen molar-refractivity contribution in [2.45, 2.75) is 32.4 Å². The smallest absolute Gasteiger partial charge is 0.365 e. The van der Waals surface area contributed by atoms with Crippen LogP contribution in [0.25, 0.3) is 11.2 Å². The third-order valence-corrected chi connectivity index (χ3v) is 4.47. The van der Waals surface area contributed by atoms with Crippen molar-refractivity contribution in [3.05, 3.63) is 24.3 Å². The fourth-order valence-electron chi connectivity index (χ4n) is 2.70. The first-order chi connectivity index (χ1) is 12.4. The van der Waals surface area contributed by atoms with Crippen molar-refractivity contribution in [1.82, 2.24) is 19.5 Å². The molecule has 1 unspecified atom stereocenters. The van der Waals surface area contributed by atoms with Gasteiger partial charge in [-0.1, -0.05) is 6.08 Å². The van der Waals surface area contributed by atoms with Crippen LogP contribution in [0.3, 0.4) is 0 Å². The minimum Gasteiger partial charge on any atom is -0.365 e. The number of imidazole rings is 1. The van der Waals surface area contributed by atoms with Crippen molar-refractivity contribution in [3.63, 3.8) is 0 Å². The predicted molar refractivity (Wildman–Crippen MR) is 94.4 cm³/mol. The average molecular weight is 383 g/mol. The van der Waals surface area contributed by atoms with E-state index < -0.39 is 7.82 Å². The molecule has 142 valence electrons. The first kappa shape index (κ1) is 18.9. The zero-order valence-electron chi connectivity index (χ0n) is 14.4. The number of nitrogens with one attached hydrogen (secondary N) is 1. The van der Waals surface area contributed by atoms with Gasteiger partial charge in [0.05, 0.1) is 12.9 Å². The van der Waals surface area contributed by atoms with Gasteiger partial charge in [-0.25, -0.2) is 19.5 Å². The lowest BCUT2D eigenvalue weighted by atomic mass is 10.2. The van der Waals surface area contributed by atoms with E-state index in [4.69, 9.17) is 14.5 Å². The molecule has 26 heavy (non-hydrogen) atoms. The second kappa shape index (κ2) is 8.24. The number of ether oxygens (including phenoxy) is 1. The minimum atomic E-state index is -4.46. The maximum Gasteiger partial charge on any atom is 0.469 e. The fourth-order valence-corrected chi connectivity index (χ4v) is 3.07. The number of phosphoric acid groups is 1. The van der Waals surface area contributed by atoms with Gasteiger partial charge in [-0.2, -0.15) is 0 Å². The molecule has 1 atom stereocenters. The van der Waals surface area contributed by atoms with Crippen LogP contribution in [0.5, 0.6) is 0 Å². The molecule has 3 heterocycles. The van der Waals surface area contributed by atoms with Gasteiger partial charge in [-0.3, -0.25) is 9.09 Å². The summed E-state index contributed by atoms with van der Waals surface area (Å²) in [6.45, 7) is 2.73. The Labute approximate surface area is 150 Å². The molecule has 1 aliphatic rings. The van der Waals surface area contributed by atoms with E-state index in [1.54, 1.807) is 19.3 Å². The highest BCUT2D eigenvalue weighted by atomic mass is 31.2. The van der Waals surface area contributed by atoms with Crippen LogP contribution in [0.4, 0.5) is 5.82 Å². The van der Waals surface area contributed by atoms with E-state index >= 15 is 0 Å². The van der Waals surface area contributed by atoms with Gasteiger partial charge in [-0.15, -0.1) is 0 Å². The first-order valence-electron chi connectivity index (χ1n) is 8.33. The molecule has 11 heteroatoms. The van der Waals surface area contributed by atoms with Gasteiger partial charge in [0.2, 0.25) is 0 Å². The summed E-state index contributed by atoms with van der Waals surface area (Å²) in [5, 5.41) is 3.14. The van der Waals surface area contributed by atoms with Crippen LogP contribution < -0.4 is 5.32 Å². The highest BCUT2D eigenvalue weighted by molar-refractivity contribution is 7.46. The number of aromatic nitrogens is 4. The molecular weight excluding hydrogens is 361 g/mol. The van der Waals surface area contributed by atoms with Crippen LogP contribution in [0, 0.1) is 0 Å². The Morgan fingerprint density at radius 2 is 2.31 bits per heavy atom. The minimum absolute atomic E-state index is 0.0524. The van der Waals surface area contributed by atoms with Crippen LogP contribution >= 0.6 is 7.82 Å². The molecule has 0 amide bonds. The number of nitrogens with zero attached hydrogens (tertiary/aromatic N) is 4. The van der Waals surface area contributed by atoms with Gasteiger partial charge in [0.15, 0.2) is 17.0 Å². The maximum atomic E-state index is 10.7. The van der Waals surface area contributed by atoms with Gasteiger partial charge in [0.25, 0.3) is 0 Å². The summed E-state index contributed by atoms with van der Waals surface area (Å²) in [4.78, 5) is 30.4. The Balaban J connectivity index is 1.67. The molecule has 0 radical (unpaired) electrons. The van der Waals surface area contributed by atoms with Gasteiger partial charge < -0.3 is 19.8 Å². The Morgan fingerprint density at radius 3 is 3.04 bits per heavy atom. The Bertz CT molecular complexity index is 827. The Morgan fingerprint density at radius 1 is 1.46 bits per heavy atom. The van der Waals surface area contributed by atoms with Crippen molar-refractivity contribution in [1.29, 1.82) is 0 Å².